The van der Waals surface area contributed by atoms with Gasteiger partial charge in [0.15, 0.2) is 0 Å². The van der Waals surface area contributed by atoms with Gasteiger partial charge in [-0.3, -0.25) is 0 Å². The SMILES string of the molecule is CCCCn1c2ccccc2c2cc(C(=O)O)nc(-c3ccc(OC)cc3)c21. The van der Waals surface area contributed by atoms with Crippen molar-refractivity contribution in [2.75, 3.05) is 7.11 Å². The summed E-state index contributed by atoms with van der Waals surface area (Å²) in [6.45, 7) is 3.02. The number of benzene rings is 2. The summed E-state index contributed by atoms with van der Waals surface area (Å²) < 4.78 is 7.53. The maximum Gasteiger partial charge on any atom is 0.354 e. The lowest BCUT2D eigenvalue weighted by molar-refractivity contribution is 0.0691. The highest BCUT2D eigenvalue weighted by atomic mass is 16.5. The number of carboxylic acid groups (broad SMARTS) is 1. The van der Waals surface area contributed by atoms with Crippen molar-refractivity contribution in [1.82, 2.24) is 9.55 Å². The normalized spacial score (nSPS) is 11.2. The zero-order chi connectivity index (χ0) is 19.7. The Labute approximate surface area is 163 Å². The number of nitrogens with zero attached hydrogens (tertiary/aromatic N) is 2. The van der Waals surface area contributed by atoms with E-state index >= 15 is 0 Å². The first-order valence-corrected chi connectivity index (χ1v) is 9.43. The fourth-order valence-electron chi connectivity index (χ4n) is 3.68. The third-order valence-electron chi connectivity index (χ3n) is 5.07. The maximum atomic E-state index is 11.8. The van der Waals surface area contributed by atoms with Crippen molar-refractivity contribution in [1.29, 1.82) is 0 Å². The Kier molecular flexibility index (Phi) is 4.74. The molecule has 0 amide bonds. The molecule has 0 spiro atoms. The monoisotopic (exact) mass is 374 g/mol. The van der Waals surface area contributed by atoms with E-state index in [1.165, 1.54) is 0 Å². The lowest BCUT2D eigenvalue weighted by Crippen LogP contribution is -2.04. The van der Waals surface area contributed by atoms with Gasteiger partial charge in [0.1, 0.15) is 11.4 Å². The summed E-state index contributed by atoms with van der Waals surface area (Å²) in [5, 5.41) is 11.6. The molecule has 0 fully saturated rings. The molecule has 142 valence electrons. The smallest absolute Gasteiger partial charge is 0.354 e. The molecule has 2 aromatic heterocycles. The van der Waals surface area contributed by atoms with Gasteiger partial charge in [-0.2, -0.15) is 0 Å². The predicted octanol–water partition coefficient (Wildman–Crippen LogP) is 5.36. The molecule has 0 saturated heterocycles. The van der Waals surface area contributed by atoms with E-state index in [0.717, 1.165) is 52.5 Å². The van der Waals surface area contributed by atoms with E-state index in [1.807, 2.05) is 42.5 Å². The minimum atomic E-state index is -1.03. The van der Waals surface area contributed by atoms with E-state index in [0.29, 0.717) is 5.69 Å². The minimum Gasteiger partial charge on any atom is -0.497 e. The number of methoxy groups -OCH3 is 1. The zero-order valence-electron chi connectivity index (χ0n) is 16.0. The molecule has 28 heavy (non-hydrogen) atoms. The molecule has 0 aliphatic carbocycles. The standard InChI is InChI=1S/C23H22N2O3/c1-3-4-13-25-20-8-6-5-7-17(20)18-14-19(23(26)27)24-21(22(18)25)15-9-11-16(28-2)12-10-15/h5-12,14H,3-4,13H2,1-2H3,(H,26,27). The third kappa shape index (κ3) is 2.99. The predicted molar refractivity (Wildman–Crippen MR) is 111 cm³/mol. The van der Waals surface area contributed by atoms with Gasteiger partial charge in [0, 0.05) is 28.4 Å². The molecule has 1 N–H and O–H groups in total. The van der Waals surface area contributed by atoms with Crippen LogP contribution >= 0.6 is 0 Å². The Hall–Kier alpha value is -3.34. The highest BCUT2D eigenvalue weighted by molar-refractivity contribution is 6.13. The van der Waals surface area contributed by atoms with E-state index in [-0.39, 0.29) is 5.69 Å². The average molecular weight is 374 g/mol. The number of ether oxygens (including phenoxy) is 1. The first-order chi connectivity index (χ1) is 13.6. The van der Waals surface area contributed by atoms with Crippen molar-refractivity contribution < 1.29 is 14.6 Å². The summed E-state index contributed by atoms with van der Waals surface area (Å²) in [5.41, 5.74) is 3.69. The molecule has 2 aromatic carbocycles. The number of hydrogen-bond acceptors (Lipinski definition) is 3. The van der Waals surface area contributed by atoms with E-state index in [4.69, 9.17) is 4.74 Å². The molecule has 5 nitrogen and oxygen atoms in total. The average Bonchev–Trinajstić information content (AvgIpc) is 3.05. The number of fused-ring (bicyclic) bond motifs is 3. The van der Waals surface area contributed by atoms with Gasteiger partial charge < -0.3 is 14.4 Å². The number of aromatic carboxylic acids is 1. The molecule has 0 aliphatic rings. The Morgan fingerprint density at radius 1 is 1.11 bits per heavy atom. The highest BCUT2D eigenvalue weighted by Crippen LogP contribution is 2.36. The highest BCUT2D eigenvalue weighted by Gasteiger charge is 2.19. The first-order valence-electron chi connectivity index (χ1n) is 9.43. The Bertz CT molecular complexity index is 1160. The first kappa shape index (κ1) is 18.0. The van der Waals surface area contributed by atoms with Crippen molar-refractivity contribution in [3.63, 3.8) is 0 Å². The van der Waals surface area contributed by atoms with Crippen molar-refractivity contribution >= 4 is 27.8 Å². The van der Waals surface area contributed by atoms with E-state index in [9.17, 15) is 9.90 Å². The largest absolute Gasteiger partial charge is 0.497 e. The zero-order valence-corrected chi connectivity index (χ0v) is 16.0. The van der Waals surface area contributed by atoms with E-state index < -0.39 is 5.97 Å². The summed E-state index contributed by atoms with van der Waals surface area (Å²) in [4.78, 5) is 16.3. The molecule has 4 rings (SSSR count). The summed E-state index contributed by atoms with van der Waals surface area (Å²) in [5.74, 6) is -0.275. The van der Waals surface area contributed by atoms with Gasteiger partial charge in [-0.05, 0) is 42.8 Å². The topological polar surface area (TPSA) is 64.4 Å². The van der Waals surface area contributed by atoms with E-state index in [1.54, 1.807) is 13.2 Å². The van der Waals surface area contributed by atoms with Crippen LogP contribution < -0.4 is 4.74 Å². The summed E-state index contributed by atoms with van der Waals surface area (Å²) in [6, 6.07) is 17.4. The fraction of sp³-hybridized carbons (Fsp3) is 0.217. The summed E-state index contributed by atoms with van der Waals surface area (Å²) in [6.07, 6.45) is 2.11. The van der Waals surface area contributed by atoms with Crippen LogP contribution in [-0.2, 0) is 6.54 Å². The van der Waals surface area contributed by atoms with Crippen LogP contribution in [0, 0.1) is 0 Å². The number of unbranched alkanes of at least 4 members (excludes halogenated alkanes) is 1. The number of aromatic nitrogens is 2. The quantitative estimate of drug-likeness (QED) is 0.493. The number of carbonyl (C=O) groups is 1. The summed E-state index contributed by atoms with van der Waals surface area (Å²) in [7, 11) is 1.62. The molecule has 0 unspecified atom stereocenters. The van der Waals surface area contributed by atoms with Crippen LogP contribution in [0.2, 0.25) is 0 Å². The van der Waals surface area contributed by atoms with Crippen molar-refractivity contribution in [2.45, 2.75) is 26.3 Å². The fourth-order valence-corrected chi connectivity index (χ4v) is 3.68. The van der Waals surface area contributed by atoms with Gasteiger partial charge in [0.2, 0.25) is 0 Å². The number of pyridine rings is 1. The van der Waals surface area contributed by atoms with Gasteiger partial charge in [-0.1, -0.05) is 31.5 Å². The molecule has 4 aromatic rings. The van der Waals surface area contributed by atoms with Crippen LogP contribution in [0.25, 0.3) is 33.1 Å². The number of carboxylic acids is 1. The Balaban J connectivity index is 2.09. The molecular weight excluding hydrogens is 352 g/mol. The Morgan fingerprint density at radius 3 is 2.54 bits per heavy atom. The van der Waals surface area contributed by atoms with Gasteiger partial charge in [0.05, 0.1) is 18.3 Å². The van der Waals surface area contributed by atoms with Crippen LogP contribution in [0.15, 0.2) is 54.6 Å². The van der Waals surface area contributed by atoms with Gasteiger partial charge in [-0.25, -0.2) is 9.78 Å². The second-order valence-electron chi connectivity index (χ2n) is 6.81. The van der Waals surface area contributed by atoms with Gasteiger partial charge >= 0.3 is 5.97 Å². The van der Waals surface area contributed by atoms with Crippen molar-refractivity contribution in [2.24, 2.45) is 0 Å². The van der Waals surface area contributed by atoms with Gasteiger partial charge in [0.25, 0.3) is 0 Å². The lowest BCUT2D eigenvalue weighted by atomic mass is 10.1. The van der Waals surface area contributed by atoms with Crippen LogP contribution in [-0.4, -0.2) is 27.7 Å². The molecule has 2 heterocycles. The molecule has 0 saturated carbocycles. The lowest BCUT2D eigenvalue weighted by Gasteiger charge is -2.11. The molecule has 0 atom stereocenters. The van der Waals surface area contributed by atoms with Crippen LogP contribution in [0.5, 0.6) is 5.75 Å². The molecule has 5 heteroatoms. The van der Waals surface area contributed by atoms with Gasteiger partial charge in [-0.15, -0.1) is 0 Å². The van der Waals surface area contributed by atoms with Crippen molar-refractivity contribution in [3.8, 4) is 17.0 Å². The Morgan fingerprint density at radius 2 is 1.86 bits per heavy atom. The molecule has 0 bridgehead atoms. The summed E-state index contributed by atoms with van der Waals surface area (Å²) >= 11 is 0. The second-order valence-corrected chi connectivity index (χ2v) is 6.81. The molecule has 0 radical (unpaired) electrons. The van der Waals surface area contributed by atoms with E-state index in [2.05, 4.69) is 22.5 Å². The number of para-hydroxylation sites is 1. The van der Waals surface area contributed by atoms with Crippen LogP contribution in [0.4, 0.5) is 0 Å². The van der Waals surface area contributed by atoms with Crippen molar-refractivity contribution in [3.05, 3.63) is 60.3 Å². The van der Waals surface area contributed by atoms with Crippen LogP contribution in [0.1, 0.15) is 30.3 Å². The second kappa shape index (κ2) is 7.35. The molecular formula is C23H22N2O3. The minimum absolute atomic E-state index is 0.0525. The van der Waals surface area contributed by atoms with Crippen LogP contribution in [0.3, 0.4) is 0 Å². The maximum absolute atomic E-state index is 11.8. The number of aryl methyl sites for hydroxylation is 1. The molecule has 0 aliphatic heterocycles. The number of rotatable bonds is 6. The number of hydrogen-bond donors (Lipinski definition) is 1. The third-order valence-corrected chi connectivity index (χ3v) is 5.07.